The Hall–Kier alpha value is -2.53. The minimum atomic E-state index is -0.378. The fourth-order valence-corrected chi connectivity index (χ4v) is 2.79. The molecule has 0 aliphatic rings. The predicted molar refractivity (Wildman–Crippen MR) is 79.6 cm³/mol. The van der Waals surface area contributed by atoms with Crippen molar-refractivity contribution in [2.75, 3.05) is 0 Å². The van der Waals surface area contributed by atoms with Gasteiger partial charge in [-0.25, -0.2) is 4.98 Å². The van der Waals surface area contributed by atoms with Gasteiger partial charge in [-0.05, 0) is 6.07 Å². The lowest BCUT2D eigenvalue weighted by molar-refractivity contribution is -0.384. The van der Waals surface area contributed by atoms with Crippen LogP contribution < -0.4 is 0 Å². The number of thiazole rings is 1. The molecule has 1 heterocycles. The Balaban J connectivity index is 2.05. The van der Waals surface area contributed by atoms with Gasteiger partial charge in [-0.1, -0.05) is 42.5 Å². The monoisotopic (exact) mass is 282 g/mol. The van der Waals surface area contributed by atoms with E-state index in [9.17, 15) is 10.1 Å². The van der Waals surface area contributed by atoms with Crippen LogP contribution in [0.2, 0.25) is 0 Å². The lowest BCUT2D eigenvalue weighted by Gasteiger charge is -1.98. The normalized spacial score (nSPS) is 10.4. The highest BCUT2D eigenvalue weighted by Crippen LogP contribution is 2.33. The zero-order valence-corrected chi connectivity index (χ0v) is 11.2. The van der Waals surface area contributed by atoms with Crippen molar-refractivity contribution in [3.05, 3.63) is 70.1 Å². The number of nitrogens with zero attached hydrogens (tertiary/aromatic N) is 2. The number of nitro groups is 1. The second-order valence-corrected chi connectivity index (χ2v) is 5.04. The van der Waals surface area contributed by atoms with Gasteiger partial charge < -0.3 is 0 Å². The van der Waals surface area contributed by atoms with Gasteiger partial charge in [0.15, 0.2) is 0 Å². The Labute approximate surface area is 119 Å². The third-order valence-corrected chi connectivity index (χ3v) is 3.79. The second-order valence-electron chi connectivity index (χ2n) is 4.18. The molecule has 2 aromatic carbocycles. The maximum atomic E-state index is 11.1. The molecule has 98 valence electrons. The molecule has 0 spiro atoms. The van der Waals surface area contributed by atoms with E-state index in [0.717, 1.165) is 10.6 Å². The molecule has 20 heavy (non-hydrogen) atoms. The van der Waals surface area contributed by atoms with Crippen molar-refractivity contribution in [2.45, 2.75) is 0 Å². The minimum absolute atomic E-state index is 0.0809. The Morgan fingerprint density at radius 3 is 2.45 bits per heavy atom. The summed E-state index contributed by atoms with van der Waals surface area (Å²) in [5.41, 5.74) is 2.29. The molecule has 1 aromatic heterocycles. The zero-order chi connectivity index (χ0) is 13.9. The first-order valence-electron chi connectivity index (χ1n) is 6.00. The molecule has 0 saturated heterocycles. The highest BCUT2D eigenvalue weighted by molar-refractivity contribution is 7.13. The SMILES string of the molecule is O=[N+]([O-])c1ccccc1-c1csc(-c2ccccc2)n1. The molecule has 5 heteroatoms. The first-order valence-corrected chi connectivity index (χ1v) is 6.88. The average Bonchev–Trinajstić information content (AvgIpc) is 2.98. The van der Waals surface area contributed by atoms with E-state index in [4.69, 9.17) is 0 Å². The van der Waals surface area contributed by atoms with E-state index in [1.165, 1.54) is 17.4 Å². The van der Waals surface area contributed by atoms with E-state index in [1.54, 1.807) is 18.2 Å². The van der Waals surface area contributed by atoms with Crippen LogP contribution in [0.5, 0.6) is 0 Å². The summed E-state index contributed by atoms with van der Waals surface area (Å²) in [4.78, 5) is 15.2. The Morgan fingerprint density at radius 2 is 1.70 bits per heavy atom. The number of hydrogen-bond donors (Lipinski definition) is 0. The quantitative estimate of drug-likeness (QED) is 0.529. The Kier molecular flexibility index (Phi) is 3.26. The van der Waals surface area contributed by atoms with Crippen LogP contribution in [0, 0.1) is 10.1 Å². The van der Waals surface area contributed by atoms with Crippen molar-refractivity contribution in [3.8, 4) is 21.8 Å². The van der Waals surface area contributed by atoms with Crippen molar-refractivity contribution in [1.82, 2.24) is 4.98 Å². The summed E-state index contributed by atoms with van der Waals surface area (Å²) in [5, 5.41) is 13.8. The summed E-state index contributed by atoms with van der Waals surface area (Å²) in [7, 11) is 0. The van der Waals surface area contributed by atoms with Crippen molar-refractivity contribution >= 4 is 17.0 Å². The standard InChI is InChI=1S/C15H10N2O2S/c18-17(19)14-9-5-4-8-12(14)13-10-20-15(16-13)11-6-2-1-3-7-11/h1-10H. The number of aromatic nitrogens is 1. The third-order valence-electron chi connectivity index (χ3n) is 2.90. The van der Waals surface area contributed by atoms with E-state index in [-0.39, 0.29) is 10.6 Å². The minimum Gasteiger partial charge on any atom is -0.258 e. The van der Waals surface area contributed by atoms with Crippen molar-refractivity contribution in [1.29, 1.82) is 0 Å². The predicted octanol–water partition coefficient (Wildman–Crippen LogP) is 4.39. The molecule has 0 aliphatic heterocycles. The zero-order valence-electron chi connectivity index (χ0n) is 10.4. The summed E-state index contributed by atoms with van der Waals surface area (Å²) in [6.45, 7) is 0. The molecule has 0 amide bonds. The second kappa shape index (κ2) is 5.22. The largest absolute Gasteiger partial charge is 0.278 e. The molecule has 0 atom stereocenters. The van der Waals surface area contributed by atoms with Gasteiger partial charge in [0, 0.05) is 17.0 Å². The first-order chi connectivity index (χ1) is 9.75. The molecule has 0 bridgehead atoms. The molecule has 3 aromatic rings. The smallest absolute Gasteiger partial charge is 0.258 e. The maximum absolute atomic E-state index is 11.1. The van der Waals surface area contributed by atoms with E-state index >= 15 is 0 Å². The van der Waals surface area contributed by atoms with Crippen molar-refractivity contribution in [2.24, 2.45) is 0 Å². The number of rotatable bonds is 3. The molecular formula is C15H10N2O2S. The van der Waals surface area contributed by atoms with Crippen LogP contribution in [0.15, 0.2) is 60.0 Å². The van der Waals surface area contributed by atoms with Crippen molar-refractivity contribution in [3.63, 3.8) is 0 Å². The lowest BCUT2D eigenvalue weighted by atomic mass is 10.1. The van der Waals surface area contributed by atoms with Crippen LogP contribution in [0.3, 0.4) is 0 Å². The summed E-state index contributed by atoms with van der Waals surface area (Å²) >= 11 is 1.48. The number of benzene rings is 2. The number of para-hydroxylation sites is 1. The van der Waals surface area contributed by atoms with Gasteiger partial charge in [-0.2, -0.15) is 0 Å². The molecule has 0 N–H and O–H groups in total. The van der Waals surface area contributed by atoms with Gasteiger partial charge in [0.1, 0.15) is 5.01 Å². The summed E-state index contributed by atoms with van der Waals surface area (Å²) in [6, 6.07) is 16.4. The van der Waals surface area contributed by atoms with Crippen LogP contribution in [-0.4, -0.2) is 9.91 Å². The fraction of sp³-hybridized carbons (Fsp3) is 0. The number of hydrogen-bond acceptors (Lipinski definition) is 4. The maximum Gasteiger partial charge on any atom is 0.278 e. The van der Waals surface area contributed by atoms with E-state index < -0.39 is 0 Å². The molecule has 4 nitrogen and oxygen atoms in total. The van der Waals surface area contributed by atoms with Gasteiger partial charge in [-0.3, -0.25) is 10.1 Å². The van der Waals surface area contributed by atoms with Crippen molar-refractivity contribution < 1.29 is 4.92 Å². The molecule has 0 fully saturated rings. The molecule has 0 aliphatic carbocycles. The van der Waals surface area contributed by atoms with Gasteiger partial charge in [0.25, 0.3) is 5.69 Å². The van der Waals surface area contributed by atoms with Gasteiger partial charge in [-0.15, -0.1) is 11.3 Å². The van der Waals surface area contributed by atoms with Gasteiger partial charge in [0.05, 0.1) is 16.2 Å². The highest BCUT2D eigenvalue weighted by atomic mass is 32.1. The van der Waals surface area contributed by atoms with Gasteiger partial charge >= 0.3 is 0 Å². The van der Waals surface area contributed by atoms with E-state index in [2.05, 4.69) is 4.98 Å². The molecule has 0 radical (unpaired) electrons. The fourth-order valence-electron chi connectivity index (χ4n) is 1.96. The summed E-state index contributed by atoms with van der Waals surface area (Å²) < 4.78 is 0. The van der Waals surface area contributed by atoms with Crippen LogP contribution in [0.25, 0.3) is 21.8 Å². The van der Waals surface area contributed by atoms with Gasteiger partial charge in [0.2, 0.25) is 0 Å². The van der Waals surface area contributed by atoms with Crippen LogP contribution in [-0.2, 0) is 0 Å². The van der Waals surface area contributed by atoms with Crippen LogP contribution in [0.1, 0.15) is 0 Å². The Morgan fingerprint density at radius 1 is 1.00 bits per heavy atom. The molecular weight excluding hydrogens is 272 g/mol. The van der Waals surface area contributed by atoms with E-state index in [1.807, 2.05) is 35.7 Å². The van der Waals surface area contributed by atoms with Crippen LogP contribution in [0.4, 0.5) is 5.69 Å². The average molecular weight is 282 g/mol. The van der Waals surface area contributed by atoms with Crippen LogP contribution >= 0.6 is 11.3 Å². The molecule has 0 saturated carbocycles. The molecule has 3 rings (SSSR count). The molecule has 0 unspecified atom stereocenters. The Bertz CT molecular complexity index is 753. The summed E-state index contributed by atoms with van der Waals surface area (Å²) in [5.74, 6) is 0. The highest BCUT2D eigenvalue weighted by Gasteiger charge is 2.16. The summed E-state index contributed by atoms with van der Waals surface area (Å²) in [6.07, 6.45) is 0. The first kappa shape index (κ1) is 12.5. The lowest BCUT2D eigenvalue weighted by Crippen LogP contribution is -1.91. The number of nitro benzene ring substituents is 1. The third kappa shape index (κ3) is 2.31. The topological polar surface area (TPSA) is 56.0 Å². The van der Waals surface area contributed by atoms with E-state index in [0.29, 0.717) is 11.3 Å².